The molecule has 0 atom stereocenters. The molecule has 1 amide bonds. The maximum atomic E-state index is 12.1. The van der Waals surface area contributed by atoms with Crippen molar-refractivity contribution in [2.45, 2.75) is 18.9 Å². The Morgan fingerprint density at radius 3 is 2.33 bits per heavy atom. The van der Waals surface area contributed by atoms with E-state index in [1.54, 1.807) is 29.2 Å². The first kappa shape index (κ1) is 22.9. The maximum Gasteiger partial charge on any atom is 0.263 e. The Bertz CT molecular complexity index is 1400. The summed E-state index contributed by atoms with van der Waals surface area (Å²) in [6.45, 7) is 4.79. The van der Waals surface area contributed by atoms with E-state index >= 15 is 0 Å². The van der Waals surface area contributed by atoms with Crippen LogP contribution < -0.4 is 15.8 Å². The number of hydrogen-bond donors (Lipinski definition) is 2. The number of nitrogens with two attached hydrogens (primary N) is 1. The lowest BCUT2D eigenvalue weighted by atomic mass is 9.60. The van der Waals surface area contributed by atoms with Crippen LogP contribution >= 0.6 is 0 Å². The number of nitrogens with one attached hydrogen (secondary N) is 1. The van der Waals surface area contributed by atoms with Crippen molar-refractivity contribution in [3.8, 4) is 34.8 Å². The van der Waals surface area contributed by atoms with Crippen LogP contribution in [0.4, 0.5) is 11.6 Å². The van der Waals surface area contributed by atoms with Crippen molar-refractivity contribution < 1.29 is 9.53 Å². The SMILES string of the molecule is C=C(C#N)C(=O)N1CC2(CC(Nc3ncnc(N)c3-c3ccc(Oc4ccc(C#N)cc4)cc3)C2)C1. The molecular weight excluding hydrogens is 454 g/mol. The molecule has 1 aromatic heterocycles. The van der Waals surface area contributed by atoms with Gasteiger partial charge in [0.2, 0.25) is 0 Å². The summed E-state index contributed by atoms with van der Waals surface area (Å²) in [6, 6.07) is 18.5. The van der Waals surface area contributed by atoms with Gasteiger partial charge in [0, 0.05) is 24.5 Å². The minimum absolute atomic E-state index is 0.0201. The molecule has 0 unspecified atom stereocenters. The molecule has 2 aromatic carbocycles. The number of likely N-dealkylation sites (tertiary alicyclic amines) is 1. The monoisotopic (exact) mass is 477 g/mol. The Labute approximate surface area is 208 Å². The predicted molar refractivity (Wildman–Crippen MR) is 134 cm³/mol. The lowest BCUT2D eigenvalue weighted by molar-refractivity contribution is -0.145. The van der Waals surface area contributed by atoms with Gasteiger partial charge < -0.3 is 20.7 Å². The van der Waals surface area contributed by atoms with Gasteiger partial charge in [-0.3, -0.25) is 4.79 Å². The molecule has 1 aliphatic heterocycles. The Balaban J connectivity index is 1.24. The van der Waals surface area contributed by atoms with Crippen LogP contribution in [0.25, 0.3) is 11.1 Å². The molecule has 1 saturated heterocycles. The van der Waals surface area contributed by atoms with Gasteiger partial charge in [0.15, 0.2) is 0 Å². The van der Waals surface area contributed by atoms with Crippen LogP contribution in [-0.2, 0) is 4.79 Å². The van der Waals surface area contributed by atoms with Crippen molar-refractivity contribution in [1.82, 2.24) is 14.9 Å². The van der Waals surface area contributed by atoms with Crippen LogP contribution in [0.15, 0.2) is 67.0 Å². The van der Waals surface area contributed by atoms with Gasteiger partial charge in [-0.1, -0.05) is 18.7 Å². The van der Waals surface area contributed by atoms with Gasteiger partial charge in [0.25, 0.3) is 5.91 Å². The van der Waals surface area contributed by atoms with Crippen LogP contribution in [-0.4, -0.2) is 39.9 Å². The Morgan fingerprint density at radius 1 is 1.08 bits per heavy atom. The summed E-state index contributed by atoms with van der Waals surface area (Å²) in [7, 11) is 0. The zero-order valence-corrected chi connectivity index (χ0v) is 19.4. The molecule has 36 heavy (non-hydrogen) atoms. The van der Waals surface area contributed by atoms with Crippen molar-refractivity contribution in [3.05, 3.63) is 72.6 Å². The Morgan fingerprint density at radius 2 is 1.72 bits per heavy atom. The first-order valence-electron chi connectivity index (χ1n) is 11.4. The van der Waals surface area contributed by atoms with Gasteiger partial charge in [-0.15, -0.1) is 0 Å². The second kappa shape index (κ2) is 9.05. The first-order chi connectivity index (χ1) is 17.4. The maximum absolute atomic E-state index is 12.1. The van der Waals surface area contributed by atoms with Gasteiger partial charge >= 0.3 is 0 Å². The van der Waals surface area contributed by atoms with Crippen LogP contribution in [0.2, 0.25) is 0 Å². The number of aromatic nitrogens is 2. The van der Waals surface area contributed by atoms with E-state index in [2.05, 4.69) is 27.9 Å². The van der Waals surface area contributed by atoms with Crippen molar-refractivity contribution in [2.75, 3.05) is 24.1 Å². The lowest BCUT2D eigenvalue weighted by Gasteiger charge is -2.59. The quantitative estimate of drug-likeness (QED) is 0.403. The largest absolute Gasteiger partial charge is 0.457 e. The molecule has 178 valence electrons. The van der Waals surface area contributed by atoms with E-state index in [4.69, 9.17) is 21.0 Å². The number of anilines is 2. The third-order valence-electron chi connectivity index (χ3n) is 6.67. The van der Waals surface area contributed by atoms with E-state index in [-0.39, 0.29) is 22.9 Å². The fraction of sp³-hybridized carbons (Fsp3) is 0.222. The summed E-state index contributed by atoms with van der Waals surface area (Å²) in [5.74, 6) is 2.04. The topological polar surface area (TPSA) is 141 Å². The summed E-state index contributed by atoms with van der Waals surface area (Å²) in [6.07, 6.45) is 3.24. The number of nitrogen functional groups attached to an aromatic ring is 1. The van der Waals surface area contributed by atoms with Crippen LogP contribution in [0.5, 0.6) is 11.5 Å². The van der Waals surface area contributed by atoms with Gasteiger partial charge in [-0.2, -0.15) is 10.5 Å². The van der Waals surface area contributed by atoms with Gasteiger partial charge in [-0.25, -0.2) is 9.97 Å². The second-order valence-corrected chi connectivity index (χ2v) is 9.25. The van der Waals surface area contributed by atoms with Crippen molar-refractivity contribution in [1.29, 1.82) is 10.5 Å². The smallest absolute Gasteiger partial charge is 0.263 e. The molecule has 5 rings (SSSR count). The highest BCUT2D eigenvalue weighted by Crippen LogP contribution is 2.50. The molecule has 0 bridgehead atoms. The number of carbonyl (C=O) groups excluding carboxylic acids is 1. The highest BCUT2D eigenvalue weighted by molar-refractivity contribution is 5.97. The highest BCUT2D eigenvalue weighted by atomic mass is 16.5. The van der Waals surface area contributed by atoms with E-state index < -0.39 is 0 Å². The van der Waals surface area contributed by atoms with Crippen LogP contribution in [0.3, 0.4) is 0 Å². The molecule has 3 N–H and O–H groups in total. The zero-order valence-electron chi connectivity index (χ0n) is 19.4. The average molecular weight is 478 g/mol. The molecule has 9 heteroatoms. The number of ether oxygens (including phenoxy) is 1. The molecule has 1 saturated carbocycles. The first-order valence-corrected chi connectivity index (χ1v) is 11.4. The second-order valence-electron chi connectivity index (χ2n) is 9.25. The number of nitrogens with zero attached hydrogens (tertiary/aromatic N) is 5. The number of rotatable bonds is 6. The summed E-state index contributed by atoms with van der Waals surface area (Å²) >= 11 is 0. The zero-order chi connectivity index (χ0) is 25.3. The molecule has 1 aliphatic carbocycles. The van der Waals surface area contributed by atoms with Crippen molar-refractivity contribution in [3.63, 3.8) is 0 Å². The van der Waals surface area contributed by atoms with E-state index in [0.29, 0.717) is 41.8 Å². The lowest BCUT2D eigenvalue weighted by Crippen LogP contribution is -2.66. The van der Waals surface area contributed by atoms with Gasteiger partial charge in [-0.05, 0) is 54.8 Å². The normalized spacial score (nSPS) is 15.7. The van der Waals surface area contributed by atoms with Gasteiger partial charge in [0.1, 0.15) is 41.1 Å². The van der Waals surface area contributed by atoms with Crippen molar-refractivity contribution >= 4 is 17.5 Å². The molecule has 0 radical (unpaired) electrons. The molecular formula is C27H23N7O2. The number of amides is 1. The highest BCUT2D eigenvalue weighted by Gasteiger charge is 2.54. The third-order valence-corrected chi connectivity index (χ3v) is 6.67. The van der Waals surface area contributed by atoms with E-state index in [9.17, 15) is 4.79 Å². The van der Waals surface area contributed by atoms with E-state index in [1.807, 2.05) is 30.3 Å². The van der Waals surface area contributed by atoms with E-state index in [0.717, 1.165) is 24.0 Å². The predicted octanol–water partition coefficient (Wildman–Crippen LogP) is 3.87. The summed E-state index contributed by atoms with van der Waals surface area (Å²) in [5, 5.41) is 21.3. The van der Waals surface area contributed by atoms with Crippen LogP contribution in [0.1, 0.15) is 18.4 Å². The van der Waals surface area contributed by atoms with E-state index in [1.165, 1.54) is 6.33 Å². The molecule has 2 fully saturated rings. The average Bonchev–Trinajstić information content (AvgIpc) is 2.85. The number of carbonyl (C=O) groups is 1. The summed E-state index contributed by atoms with van der Waals surface area (Å²) in [5.41, 5.74) is 8.45. The van der Waals surface area contributed by atoms with Crippen molar-refractivity contribution in [2.24, 2.45) is 5.41 Å². The fourth-order valence-electron chi connectivity index (χ4n) is 4.90. The molecule has 1 spiro atoms. The molecule has 3 aromatic rings. The standard InChI is InChI=1S/C27H23N7O2/c1-17(12-28)26(35)34-14-27(15-34)10-20(11-27)33-25-23(24(30)31-16-32-25)19-4-8-22(9-5-19)36-21-6-2-18(13-29)3-7-21/h2-9,16,20H,1,10-11,14-15H2,(H3,30,31,32,33). The number of nitriles is 2. The Hall–Kier alpha value is -4.89. The minimum Gasteiger partial charge on any atom is -0.457 e. The number of hydrogen-bond acceptors (Lipinski definition) is 8. The summed E-state index contributed by atoms with van der Waals surface area (Å²) in [4.78, 5) is 22.4. The molecule has 9 nitrogen and oxygen atoms in total. The fourth-order valence-corrected chi connectivity index (χ4v) is 4.90. The minimum atomic E-state index is -0.281. The summed E-state index contributed by atoms with van der Waals surface area (Å²) < 4.78 is 5.87. The number of benzene rings is 2. The van der Waals surface area contributed by atoms with Gasteiger partial charge in [0.05, 0.1) is 17.2 Å². The third kappa shape index (κ3) is 4.30. The van der Waals surface area contributed by atoms with Crippen LogP contribution in [0, 0.1) is 28.1 Å². The molecule has 2 heterocycles. The molecule has 2 aliphatic rings. The Kier molecular flexibility index (Phi) is 5.75.